The molecule has 1 aromatic rings. The molecule has 5 nitrogen and oxygen atoms in total. The van der Waals surface area contributed by atoms with Crippen LogP contribution in [0.25, 0.3) is 0 Å². The molecule has 0 atom stereocenters. The number of aromatic nitrogens is 3. The lowest BCUT2D eigenvalue weighted by Gasteiger charge is -2.13. The van der Waals surface area contributed by atoms with E-state index in [0.29, 0.717) is 23.3 Å². The highest BCUT2D eigenvalue weighted by Crippen LogP contribution is 2.25. The normalized spacial score (nSPS) is 18.6. The SMILES string of the molecule is CC(C)(C)c1n[nH]c(CS(=O)(=O)CC2CCCCCC2)n1. The van der Waals surface area contributed by atoms with Gasteiger partial charge in [0.1, 0.15) is 11.6 Å². The highest BCUT2D eigenvalue weighted by atomic mass is 32.2. The number of rotatable bonds is 4. The minimum absolute atomic E-state index is 0.0213. The summed E-state index contributed by atoms with van der Waals surface area (Å²) in [5.41, 5.74) is -0.167. The molecule has 1 aromatic heterocycles. The van der Waals surface area contributed by atoms with E-state index in [1.807, 2.05) is 20.8 Å². The smallest absolute Gasteiger partial charge is 0.157 e. The van der Waals surface area contributed by atoms with Crippen LogP contribution in [0.2, 0.25) is 0 Å². The summed E-state index contributed by atoms with van der Waals surface area (Å²) in [6.07, 6.45) is 6.90. The third-order valence-corrected chi connectivity index (χ3v) is 5.72. The molecule has 2 rings (SSSR count). The van der Waals surface area contributed by atoms with Crippen LogP contribution in [0.4, 0.5) is 0 Å². The first-order chi connectivity index (χ1) is 9.76. The van der Waals surface area contributed by atoms with Crippen molar-refractivity contribution in [3.05, 3.63) is 11.6 Å². The van der Waals surface area contributed by atoms with E-state index in [1.54, 1.807) is 0 Å². The van der Waals surface area contributed by atoms with Crippen molar-refractivity contribution in [3.63, 3.8) is 0 Å². The largest absolute Gasteiger partial charge is 0.262 e. The maximum atomic E-state index is 12.4. The lowest BCUT2D eigenvalue weighted by atomic mass is 9.96. The number of hydrogen-bond acceptors (Lipinski definition) is 4. The van der Waals surface area contributed by atoms with Gasteiger partial charge in [0.05, 0.1) is 5.75 Å². The molecule has 0 aromatic carbocycles. The van der Waals surface area contributed by atoms with Crippen molar-refractivity contribution in [2.45, 2.75) is 70.5 Å². The molecule has 1 N–H and O–H groups in total. The zero-order valence-electron chi connectivity index (χ0n) is 13.4. The third kappa shape index (κ3) is 5.09. The van der Waals surface area contributed by atoms with Gasteiger partial charge in [-0.1, -0.05) is 46.5 Å². The van der Waals surface area contributed by atoms with Crippen LogP contribution in [0.3, 0.4) is 0 Å². The van der Waals surface area contributed by atoms with Crippen LogP contribution in [0.1, 0.15) is 70.9 Å². The van der Waals surface area contributed by atoms with E-state index in [2.05, 4.69) is 15.2 Å². The van der Waals surface area contributed by atoms with Crippen LogP contribution in [0.15, 0.2) is 0 Å². The second-order valence-corrected chi connectivity index (χ2v) is 9.38. The fraction of sp³-hybridized carbons (Fsp3) is 0.867. The minimum atomic E-state index is -3.12. The Balaban J connectivity index is 1.98. The Morgan fingerprint density at radius 2 is 1.76 bits per heavy atom. The fourth-order valence-electron chi connectivity index (χ4n) is 2.85. The fourth-order valence-corrected chi connectivity index (χ4v) is 4.57. The van der Waals surface area contributed by atoms with Gasteiger partial charge in [0, 0.05) is 5.41 Å². The maximum absolute atomic E-state index is 12.4. The van der Waals surface area contributed by atoms with Crippen molar-refractivity contribution in [2.24, 2.45) is 5.92 Å². The Labute approximate surface area is 127 Å². The molecule has 0 radical (unpaired) electrons. The van der Waals surface area contributed by atoms with Crippen LogP contribution in [0, 0.1) is 5.92 Å². The van der Waals surface area contributed by atoms with Gasteiger partial charge in [-0.25, -0.2) is 13.4 Å². The summed E-state index contributed by atoms with van der Waals surface area (Å²) < 4.78 is 24.7. The van der Waals surface area contributed by atoms with Gasteiger partial charge in [-0.15, -0.1) is 0 Å². The molecule has 1 aliphatic carbocycles. The Hall–Kier alpha value is -0.910. The van der Waals surface area contributed by atoms with E-state index in [0.717, 1.165) is 25.7 Å². The Morgan fingerprint density at radius 3 is 2.29 bits per heavy atom. The van der Waals surface area contributed by atoms with E-state index < -0.39 is 9.84 Å². The molecule has 6 heteroatoms. The van der Waals surface area contributed by atoms with Crippen molar-refractivity contribution >= 4 is 9.84 Å². The molecule has 1 aliphatic rings. The summed E-state index contributed by atoms with van der Waals surface area (Å²) in [4.78, 5) is 4.33. The maximum Gasteiger partial charge on any atom is 0.157 e. The van der Waals surface area contributed by atoms with Gasteiger partial charge < -0.3 is 0 Å². The lowest BCUT2D eigenvalue weighted by Crippen LogP contribution is -2.18. The number of H-pyrrole nitrogens is 1. The molecular formula is C15H27N3O2S. The predicted molar refractivity (Wildman–Crippen MR) is 83.8 cm³/mol. The van der Waals surface area contributed by atoms with Gasteiger partial charge in [0.2, 0.25) is 0 Å². The van der Waals surface area contributed by atoms with Crippen LogP contribution in [-0.2, 0) is 21.0 Å². The van der Waals surface area contributed by atoms with Crippen LogP contribution in [-0.4, -0.2) is 29.4 Å². The van der Waals surface area contributed by atoms with Crippen molar-refractivity contribution in [1.29, 1.82) is 0 Å². The van der Waals surface area contributed by atoms with Crippen LogP contribution in [0.5, 0.6) is 0 Å². The van der Waals surface area contributed by atoms with Gasteiger partial charge in [-0.3, -0.25) is 5.10 Å². The molecular weight excluding hydrogens is 286 g/mol. The molecule has 0 saturated heterocycles. The quantitative estimate of drug-likeness (QED) is 0.867. The highest BCUT2D eigenvalue weighted by Gasteiger charge is 2.24. The predicted octanol–water partition coefficient (Wildman–Crippen LogP) is 2.99. The monoisotopic (exact) mass is 313 g/mol. The molecule has 1 fully saturated rings. The average molecular weight is 313 g/mol. The second-order valence-electron chi connectivity index (χ2n) is 7.27. The third-order valence-electron chi connectivity index (χ3n) is 4.02. The number of aromatic amines is 1. The Morgan fingerprint density at radius 1 is 1.14 bits per heavy atom. The second kappa shape index (κ2) is 6.46. The molecule has 0 spiro atoms. The van der Waals surface area contributed by atoms with Crippen LogP contribution < -0.4 is 0 Å². The molecule has 120 valence electrons. The van der Waals surface area contributed by atoms with Gasteiger partial charge in [-0.2, -0.15) is 5.10 Å². The van der Waals surface area contributed by atoms with E-state index in [-0.39, 0.29) is 11.2 Å². The summed E-state index contributed by atoms with van der Waals surface area (Å²) in [5, 5.41) is 6.91. The standard InChI is InChI=1S/C15H27N3O2S/c1-15(2,3)14-16-13(17-18-14)11-21(19,20)10-12-8-6-4-5-7-9-12/h12H,4-11H2,1-3H3,(H,16,17,18). The summed E-state index contributed by atoms with van der Waals surface area (Å²) in [5.74, 6) is 1.73. The molecule has 0 amide bonds. The molecule has 1 saturated carbocycles. The summed E-state index contributed by atoms with van der Waals surface area (Å²) in [6.45, 7) is 6.04. The van der Waals surface area contributed by atoms with Gasteiger partial charge in [0.15, 0.2) is 15.7 Å². The first-order valence-electron chi connectivity index (χ1n) is 7.88. The van der Waals surface area contributed by atoms with Gasteiger partial charge >= 0.3 is 0 Å². The zero-order chi connectivity index (χ0) is 15.5. The number of sulfone groups is 1. The van der Waals surface area contributed by atoms with Gasteiger partial charge in [0.25, 0.3) is 0 Å². The first kappa shape index (κ1) is 16.5. The highest BCUT2D eigenvalue weighted by molar-refractivity contribution is 7.90. The summed E-state index contributed by atoms with van der Waals surface area (Å²) in [7, 11) is -3.12. The van der Waals surface area contributed by atoms with Gasteiger partial charge in [-0.05, 0) is 18.8 Å². The topological polar surface area (TPSA) is 75.7 Å². The van der Waals surface area contributed by atoms with E-state index in [1.165, 1.54) is 12.8 Å². The summed E-state index contributed by atoms with van der Waals surface area (Å²) in [6, 6.07) is 0. The number of nitrogens with one attached hydrogen (secondary N) is 1. The summed E-state index contributed by atoms with van der Waals surface area (Å²) >= 11 is 0. The first-order valence-corrected chi connectivity index (χ1v) is 9.70. The number of nitrogens with zero attached hydrogens (tertiary/aromatic N) is 2. The van der Waals surface area contributed by atoms with Crippen LogP contribution >= 0.6 is 0 Å². The average Bonchev–Trinajstić information content (AvgIpc) is 2.66. The lowest BCUT2D eigenvalue weighted by molar-refractivity contribution is 0.493. The zero-order valence-corrected chi connectivity index (χ0v) is 14.2. The van der Waals surface area contributed by atoms with Crippen molar-refractivity contribution in [3.8, 4) is 0 Å². The van der Waals surface area contributed by atoms with Crippen molar-refractivity contribution in [1.82, 2.24) is 15.2 Å². The molecule has 1 heterocycles. The Kier molecular flexibility index (Phi) is 5.07. The molecule has 21 heavy (non-hydrogen) atoms. The van der Waals surface area contributed by atoms with Crippen molar-refractivity contribution < 1.29 is 8.42 Å². The molecule has 0 unspecified atom stereocenters. The Bertz CT molecular complexity index is 550. The van der Waals surface area contributed by atoms with Crippen molar-refractivity contribution in [2.75, 3.05) is 5.75 Å². The van der Waals surface area contributed by atoms with E-state index in [9.17, 15) is 8.42 Å². The number of hydrogen-bond donors (Lipinski definition) is 1. The molecule has 0 aliphatic heterocycles. The van der Waals surface area contributed by atoms with E-state index in [4.69, 9.17) is 0 Å². The van der Waals surface area contributed by atoms with E-state index >= 15 is 0 Å². The molecule has 0 bridgehead atoms. The minimum Gasteiger partial charge on any atom is -0.262 e.